The third-order valence-electron chi connectivity index (χ3n) is 4.15. The van der Waals surface area contributed by atoms with Crippen LogP contribution < -0.4 is 5.32 Å². The molecule has 0 bridgehead atoms. The van der Waals surface area contributed by atoms with Crippen LogP contribution in [0.2, 0.25) is 0 Å². The first-order chi connectivity index (χ1) is 7.77. The van der Waals surface area contributed by atoms with E-state index in [0.29, 0.717) is 6.10 Å². The number of hydrogen-bond donors (Lipinski definition) is 2. The van der Waals surface area contributed by atoms with E-state index in [9.17, 15) is 9.90 Å². The monoisotopic (exact) mass is 243 g/mol. The molecule has 1 unspecified atom stereocenters. The van der Waals surface area contributed by atoms with Crippen molar-refractivity contribution in [1.82, 2.24) is 5.32 Å². The van der Waals surface area contributed by atoms with Gasteiger partial charge < -0.3 is 15.2 Å². The lowest BCUT2D eigenvalue weighted by Crippen LogP contribution is -2.55. The van der Waals surface area contributed by atoms with Gasteiger partial charge in [-0.05, 0) is 53.5 Å². The Kier molecular flexibility index (Phi) is 4.55. The highest BCUT2D eigenvalue weighted by Gasteiger charge is 2.42. The van der Waals surface area contributed by atoms with Crippen LogP contribution in [-0.4, -0.2) is 35.9 Å². The summed E-state index contributed by atoms with van der Waals surface area (Å²) in [5.41, 5.74) is -1.22. The Morgan fingerprint density at radius 1 is 1.41 bits per heavy atom. The van der Waals surface area contributed by atoms with E-state index in [1.165, 1.54) is 0 Å². The van der Waals surface area contributed by atoms with Crippen molar-refractivity contribution in [3.05, 3.63) is 0 Å². The number of rotatable bonds is 6. The first-order valence-corrected chi connectivity index (χ1v) is 6.37. The van der Waals surface area contributed by atoms with Crippen LogP contribution in [0.25, 0.3) is 0 Å². The number of hydrogen-bond acceptors (Lipinski definition) is 3. The molecule has 2 N–H and O–H groups in total. The normalized spacial score (nSPS) is 21.8. The zero-order chi connectivity index (χ0) is 13.1. The van der Waals surface area contributed by atoms with Crippen molar-refractivity contribution < 1.29 is 14.6 Å². The second kappa shape index (κ2) is 5.36. The molecule has 1 aliphatic heterocycles. The average molecular weight is 243 g/mol. The fourth-order valence-corrected chi connectivity index (χ4v) is 1.91. The molecule has 1 atom stereocenters. The molecule has 4 nitrogen and oxygen atoms in total. The zero-order valence-corrected chi connectivity index (χ0v) is 11.4. The second-order valence-corrected chi connectivity index (χ2v) is 5.91. The molecular formula is C13H25NO3. The predicted molar refractivity (Wildman–Crippen MR) is 67.1 cm³/mol. The van der Waals surface area contributed by atoms with E-state index in [2.05, 4.69) is 5.32 Å². The minimum absolute atomic E-state index is 0.353. The lowest BCUT2D eigenvalue weighted by molar-refractivity contribution is -0.151. The zero-order valence-electron chi connectivity index (χ0n) is 11.4. The Balaban J connectivity index is 2.40. The van der Waals surface area contributed by atoms with Crippen LogP contribution in [0, 0.1) is 5.41 Å². The molecule has 17 heavy (non-hydrogen) atoms. The minimum atomic E-state index is -0.788. The lowest BCUT2D eigenvalue weighted by Gasteiger charge is -2.39. The number of ether oxygens (including phenoxy) is 1. The van der Waals surface area contributed by atoms with Gasteiger partial charge in [-0.15, -0.1) is 0 Å². The van der Waals surface area contributed by atoms with Crippen LogP contribution in [0.3, 0.4) is 0 Å². The third kappa shape index (κ3) is 3.42. The maximum Gasteiger partial charge on any atom is 0.310 e. The Labute approximate surface area is 104 Å². The van der Waals surface area contributed by atoms with Crippen molar-refractivity contribution >= 4 is 5.97 Å². The van der Waals surface area contributed by atoms with E-state index < -0.39 is 16.9 Å². The van der Waals surface area contributed by atoms with E-state index >= 15 is 0 Å². The summed E-state index contributed by atoms with van der Waals surface area (Å²) in [5.74, 6) is -0.771. The molecule has 1 fully saturated rings. The summed E-state index contributed by atoms with van der Waals surface area (Å²) in [4.78, 5) is 11.2. The molecule has 1 aliphatic rings. The molecule has 4 heteroatoms. The summed E-state index contributed by atoms with van der Waals surface area (Å²) >= 11 is 0. The predicted octanol–water partition coefficient (Wildman–Crippen LogP) is 2.03. The van der Waals surface area contributed by atoms with E-state index in [-0.39, 0.29) is 0 Å². The number of carboxylic acid groups (broad SMARTS) is 1. The molecule has 1 heterocycles. The molecular weight excluding hydrogens is 218 g/mol. The highest BCUT2D eigenvalue weighted by Crippen LogP contribution is 2.30. The maximum absolute atomic E-state index is 11.2. The van der Waals surface area contributed by atoms with Gasteiger partial charge in [-0.2, -0.15) is 0 Å². The van der Waals surface area contributed by atoms with Gasteiger partial charge in [0.15, 0.2) is 0 Å². The maximum atomic E-state index is 11.2. The van der Waals surface area contributed by atoms with Crippen molar-refractivity contribution in [3.8, 4) is 0 Å². The van der Waals surface area contributed by atoms with Crippen LogP contribution in [0.5, 0.6) is 0 Å². The molecule has 0 aromatic heterocycles. The molecule has 1 rings (SSSR count). The number of nitrogens with one attached hydrogen (secondary N) is 1. The van der Waals surface area contributed by atoms with Crippen molar-refractivity contribution in [1.29, 1.82) is 0 Å². The number of carbonyl (C=O) groups is 1. The van der Waals surface area contributed by atoms with Crippen LogP contribution >= 0.6 is 0 Å². The van der Waals surface area contributed by atoms with Crippen LogP contribution in [-0.2, 0) is 9.53 Å². The molecule has 100 valence electrons. The molecule has 0 spiro atoms. The summed E-state index contributed by atoms with van der Waals surface area (Å²) in [7, 11) is 0. The van der Waals surface area contributed by atoms with E-state index in [0.717, 1.165) is 32.4 Å². The van der Waals surface area contributed by atoms with Crippen LogP contribution in [0.1, 0.15) is 47.0 Å². The lowest BCUT2D eigenvalue weighted by atomic mass is 9.74. The molecule has 0 aliphatic carbocycles. The van der Waals surface area contributed by atoms with Gasteiger partial charge in [0, 0.05) is 12.1 Å². The standard InChI is InChI=1S/C13H25NO3/c1-12(2,11(15)16)13(3,4)14-8-7-10-6-5-9-17-10/h10,14H,5-9H2,1-4H3,(H,15,16). The average Bonchev–Trinajstić information content (AvgIpc) is 2.69. The van der Waals surface area contributed by atoms with Gasteiger partial charge in [0.25, 0.3) is 0 Å². The Morgan fingerprint density at radius 2 is 2.06 bits per heavy atom. The first-order valence-electron chi connectivity index (χ1n) is 6.37. The van der Waals surface area contributed by atoms with E-state index in [1.54, 1.807) is 13.8 Å². The summed E-state index contributed by atoms with van der Waals surface area (Å²) in [6.07, 6.45) is 3.59. The number of aliphatic carboxylic acids is 1. The Bertz CT molecular complexity index is 268. The molecule has 0 aromatic carbocycles. The van der Waals surface area contributed by atoms with Crippen molar-refractivity contribution in [3.63, 3.8) is 0 Å². The van der Waals surface area contributed by atoms with Crippen LogP contribution in [0.4, 0.5) is 0 Å². The summed E-state index contributed by atoms with van der Waals surface area (Å²) in [5, 5.41) is 12.6. The molecule has 0 radical (unpaired) electrons. The van der Waals surface area contributed by atoms with E-state index in [4.69, 9.17) is 4.74 Å². The van der Waals surface area contributed by atoms with Gasteiger partial charge in [-0.3, -0.25) is 4.79 Å². The highest BCUT2D eigenvalue weighted by molar-refractivity contribution is 5.75. The van der Waals surface area contributed by atoms with Crippen molar-refractivity contribution in [2.45, 2.75) is 58.6 Å². The quantitative estimate of drug-likeness (QED) is 0.749. The van der Waals surface area contributed by atoms with Crippen LogP contribution in [0.15, 0.2) is 0 Å². The summed E-state index contributed by atoms with van der Waals surface area (Å²) < 4.78 is 5.54. The fraction of sp³-hybridized carbons (Fsp3) is 0.923. The van der Waals surface area contributed by atoms with Crippen molar-refractivity contribution in [2.24, 2.45) is 5.41 Å². The van der Waals surface area contributed by atoms with Gasteiger partial charge >= 0.3 is 5.97 Å². The molecule has 0 amide bonds. The van der Waals surface area contributed by atoms with Gasteiger partial charge in [-0.1, -0.05) is 0 Å². The fourth-order valence-electron chi connectivity index (χ4n) is 1.91. The van der Waals surface area contributed by atoms with Crippen molar-refractivity contribution in [2.75, 3.05) is 13.2 Å². The Hall–Kier alpha value is -0.610. The third-order valence-corrected chi connectivity index (χ3v) is 4.15. The minimum Gasteiger partial charge on any atom is -0.481 e. The molecule has 0 aromatic rings. The molecule has 0 saturated carbocycles. The van der Waals surface area contributed by atoms with Gasteiger partial charge in [0.05, 0.1) is 11.5 Å². The molecule has 1 saturated heterocycles. The largest absolute Gasteiger partial charge is 0.481 e. The van der Waals surface area contributed by atoms with Gasteiger partial charge in [-0.25, -0.2) is 0 Å². The summed E-state index contributed by atoms with van der Waals surface area (Å²) in [6, 6.07) is 0. The first kappa shape index (κ1) is 14.5. The van der Waals surface area contributed by atoms with Gasteiger partial charge in [0.1, 0.15) is 0 Å². The second-order valence-electron chi connectivity index (χ2n) is 5.91. The summed E-state index contributed by atoms with van der Waals surface area (Å²) in [6.45, 7) is 9.07. The highest BCUT2D eigenvalue weighted by atomic mass is 16.5. The smallest absolute Gasteiger partial charge is 0.310 e. The Morgan fingerprint density at radius 3 is 2.53 bits per heavy atom. The SMILES string of the molecule is CC(C)(NCCC1CCCO1)C(C)(C)C(=O)O. The van der Waals surface area contributed by atoms with E-state index in [1.807, 2.05) is 13.8 Å². The number of carboxylic acids is 1. The van der Waals surface area contributed by atoms with Gasteiger partial charge in [0.2, 0.25) is 0 Å². The topological polar surface area (TPSA) is 58.6 Å².